The Balaban J connectivity index is 1.79. The Hall–Kier alpha value is -1.86. The quantitative estimate of drug-likeness (QED) is 0.741. The highest BCUT2D eigenvalue weighted by atomic mass is 32.2. The van der Waals surface area contributed by atoms with Gasteiger partial charge in [0.15, 0.2) is 9.84 Å². The van der Waals surface area contributed by atoms with Gasteiger partial charge >= 0.3 is 0 Å². The van der Waals surface area contributed by atoms with Crippen molar-refractivity contribution in [2.24, 2.45) is 0 Å². The summed E-state index contributed by atoms with van der Waals surface area (Å²) in [5.41, 5.74) is 1.11. The minimum absolute atomic E-state index is 0.0539. The van der Waals surface area contributed by atoms with Crippen molar-refractivity contribution in [3.05, 3.63) is 42.2 Å². The lowest BCUT2D eigenvalue weighted by Crippen LogP contribution is -2.26. The lowest BCUT2D eigenvalue weighted by molar-refractivity contribution is 0.413. The van der Waals surface area contributed by atoms with Gasteiger partial charge in [-0.25, -0.2) is 8.42 Å². The molecular formula is C15H21N3O3S. The van der Waals surface area contributed by atoms with Crippen molar-refractivity contribution in [2.45, 2.75) is 18.4 Å². The first-order chi connectivity index (χ1) is 10.5. The van der Waals surface area contributed by atoms with E-state index in [9.17, 15) is 8.42 Å². The van der Waals surface area contributed by atoms with E-state index in [1.54, 1.807) is 30.5 Å². The van der Waals surface area contributed by atoms with E-state index in [0.29, 0.717) is 25.4 Å². The number of sulfone groups is 1. The zero-order valence-electron chi connectivity index (χ0n) is 12.8. The van der Waals surface area contributed by atoms with Crippen molar-refractivity contribution in [3.8, 4) is 5.75 Å². The molecule has 0 amide bonds. The van der Waals surface area contributed by atoms with Gasteiger partial charge in [0.2, 0.25) is 0 Å². The van der Waals surface area contributed by atoms with E-state index in [0.717, 1.165) is 5.56 Å². The molecule has 0 fully saturated rings. The molecule has 1 heterocycles. The molecule has 120 valence electrons. The first kappa shape index (κ1) is 16.5. The molecule has 0 atom stereocenters. The predicted octanol–water partition coefficient (Wildman–Crippen LogP) is 1.26. The highest BCUT2D eigenvalue weighted by molar-refractivity contribution is 7.91. The third kappa shape index (κ3) is 4.57. The van der Waals surface area contributed by atoms with Crippen molar-refractivity contribution < 1.29 is 13.2 Å². The number of benzene rings is 1. The molecule has 2 aromatic rings. The van der Waals surface area contributed by atoms with Gasteiger partial charge in [0, 0.05) is 19.3 Å². The largest absolute Gasteiger partial charge is 0.497 e. The van der Waals surface area contributed by atoms with Gasteiger partial charge in [-0.3, -0.25) is 4.68 Å². The standard InChI is InChI=1S/C15H21N3O3S/c1-13-11-17-18(12-13)8-6-16-7-9-22(19,20)15-5-3-4-14(10-15)21-2/h3-5,10-12,16H,6-9H2,1-2H3. The third-order valence-corrected chi connectivity index (χ3v) is 4.94. The molecule has 0 unspecified atom stereocenters. The number of aryl methyl sites for hydroxylation is 1. The first-order valence-electron chi connectivity index (χ1n) is 7.08. The van der Waals surface area contributed by atoms with Gasteiger partial charge in [-0.1, -0.05) is 6.07 Å². The van der Waals surface area contributed by atoms with Crippen LogP contribution in [-0.2, 0) is 16.4 Å². The molecule has 0 aliphatic rings. The Labute approximate surface area is 131 Å². The van der Waals surface area contributed by atoms with Gasteiger partial charge in [-0.2, -0.15) is 5.10 Å². The zero-order chi connectivity index (χ0) is 16.0. The van der Waals surface area contributed by atoms with Crippen LogP contribution in [-0.4, -0.2) is 44.2 Å². The van der Waals surface area contributed by atoms with Gasteiger partial charge in [0.25, 0.3) is 0 Å². The molecular weight excluding hydrogens is 302 g/mol. The Bertz CT molecular complexity index is 710. The van der Waals surface area contributed by atoms with Crippen LogP contribution in [0.25, 0.3) is 0 Å². The number of nitrogens with one attached hydrogen (secondary N) is 1. The monoisotopic (exact) mass is 323 g/mol. The molecule has 0 aliphatic carbocycles. The van der Waals surface area contributed by atoms with Gasteiger partial charge in [0.1, 0.15) is 5.75 Å². The molecule has 1 aromatic carbocycles. The van der Waals surface area contributed by atoms with Crippen LogP contribution in [0.15, 0.2) is 41.6 Å². The molecule has 1 aromatic heterocycles. The summed E-state index contributed by atoms with van der Waals surface area (Å²) in [7, 11) is -1.78. The van der Waals surface area contributed by atoms with Crippen molar-refractivity contribution >= 4 is 9.84 Å². The minimum Gasteiger partial charge on any atom is -0.497 e. The second kappa shape index (κ2) is 7.42. The molecule has 0 spiro atoms. The van der Waals surface area contributed by atoms with Crippen molar-refractivity contribution in [1.29, 1.82) is 0 Å². The summed E-state index contributed by atoms with van der Waals surface area (Å²) in [5, 5.41) is 7.30. The molecule has 6 nitrogen and oxygen atoms in total. The van der Waals surface area contributed by atoms with E-state index in [2.05, 4.69) is 10.4 Å². The molecule has 1 N–H and O–H groups in total. The van der Waals surface area contributed by atoms with Crippen molar-refractivity contribution in [3.63, 3.8) is 0 Å². The minimum atomic E-state index is -3.30. The summed E-state index contributed by atoms with van der Waals surface area (Å²) in [4.78, 5) is 0.288. The third-order valence-electron chi connectivity index (χ3n) is 3.23. The Kier molecular flexibility index (Phi) is 5.57. The second-order valence-electron chi connectivity index (χ2n) is 5.03. The number of ether oxygens (including phenoxy) is 1. The molecule has 0 aliphatic heterocycles. The molecule has 7 heteroatoms. The zero-order valence-corrected chi connectivity index (χ0v) is 13.6. The fourth-order valence-corrected chi connectivity index (χ4v) is 3.26. The average Bonchev–Trinajstić information content (AvgIpc) is 2.92. The van der Waals surface area contributed by atoms with Gasteiger partial charge in [-0.05, 0) is 30.7 Å². The lowest BCUT2D eigenvalue weighted by atomic mass is 10.3. The summed E-state index contributed by atoms with van der Waals surface area (Å²) < 4.78 is 31.3. The summed E-state index contributed by atoms with van der Waals surface area (Å²) in [6.45, 7) is 3.78. The van der Waals surface area contributed by atoms with Crippen LogP contribution >= 0.6 is 0 Å². The number of hydrogen-bond acceptors (Lipinski definition) is 5. The molecule has 2 rings (SSSR count). The highest BCUT2D eigenvalue weighted by Crippen LogP contribution is 2.17. The van der Waals surface area contributed by atoms with Crippen LogP contribution in [0.5, 0.6) is 5.75 Å². The molecule has 0 radical (unpaired) electrons. The Morgan fingerprint density at radius 1 is 1.32 bits per heavy atom. The van der Waals surface area contributed by atoms with E-state index in [-0.39, 0.29) is 10.6 Å². The van der Waals surface area contributed by atoms with E-state index in [1.807, 2.05) is 17.8 Å². The van der Waals surface area contributed by atoms with Crippen LogP contribution in [0.1, 0.15) is 5.56 Å². The van der Waals surface area contributed by atoms with Gasteiger partial charge < -0.3 is 10.1 Å². The van der Waals surface area contributed by atoms with E-state index in [4.69, 9.17) is 4.74 Å². The number of nitrogens with zero attached hydrogens (tertiary/aromatic N) is 2. The lowest BCUT2D eigenvalue weighted by Gasteiger charge is -2.08. The normalized spacial score (nSPS) is 11.5. The first-order valence-corrected chi connectivity index (χ1v) is 8.73. The summed E-state index contributed by atoms with van der Waals surface area (Å²) in [6, 6.07) is 6.54. The summed E-state index contributed by atoms with van der Waals surface area (Å²) in [5.74, 6) is 0.598. The van der Waals surface area contributed by atoms with Crippen LogP contribution in [0.3, 0.4) is 0 Å². The van der Waals surface area contributed by atoms with Crippen LogP contribution < -0.4 is 10.1 Å². The Morgan fingerprint density at radius 2 is 2.14 bits per heavy atom. The van der Waals surface area contributed by atoms with E-state index >= 15 is 0 Å². The van der Waals surface area contributed by atoms with Crippen LogP contribution in [0.4, 0.5) is 0 Å². The van der Waals surface area contributed by atoms with E-state index in [1.165, 1.54) is 7.11 Å². The number of aromatic nitrogens is 2. The SMILES string of the molecule is COc1cccc(S(=O)(=O)CCNCCn2cc(C)cn2)c1. The maximum atomic E-state index is 12.2. The summed E-state index contributed by atoms with van der Waals surface area (Å²) in [6.07, 6.45) is 3.75. The molecule has 0 bridgehead atoms. The van der Waals surface area contributed by atoms with Crippen LogP contribution in [0, 0.1) is 6.92 Å². The van der Waals surface area contributed by atoms with Gasteiger partial charge in [0.05, 0.1) is 30.5 Å². The van der Waals surface area contributed by atoms with Crippen molar-refractivity contribution in [2.75, 3.05) is 26.0 Å². The number of rotatable bonds is 8. The van der Waals surface area contributed by atoms with E-state index < -0.39 is 9.84 Å². The predicted molar refractivity (Wildman–Crippen MR) is 84.9 cm³/mol. The Morgan fingerprint density at radius 3 is 2.82 bits per heavy atom. The maximum absolute atomic E-state index is 12.2. The maximum Gasteiger partial charge on any atom is 0.179 e. The highest BCUT2D eigenvalue weighted by Gasteiger charge is 2.14. The summed E-state index contributed by atoms with van der Waals surface area (Å²) >= 11 is 0. The number of methoxy groups -OCH3 is 1. The average molecular weight is 323 g/mol. The topological polar surface area (TPSA) is 73.2 Å². The fraction of sp³-hybridized carbons (Fsp3) is 0.400. The smallest absolute Gasteiger partial charge is 0.179 e. The van der Waals surface area contributed by atoms with Crippen molar-refractivity contribution in [1.82, 2.24) is 15.1 Å². The number of hydrogen-bond donors (Lipinski definition) is 1. The van der Waals surface area contributed by atoms with Crippen LogP contribution in [0.2, 0.25) is 0 Å². The molecule has 0 saturated heterocycles. The van der Waals surface area contributed by atoms with Gasteiger partial charge in [-0.15, -0.1) is 0 Å². The fourth-order valence-electron chi connectivity index (χ4n) is 2.03. The molecule has 22 heavy (non-hydrogen) atoms. The molecule has 0 saturated carbocycles. The second-order valence-corrected chi connectivity index (χ2v) is 7.14.